The van der Waals surface area contributed by atoms with Crippen LogP contribution >= 0.6 is 12.6 Å². The fourth-order valence-electron chi connectivity index (χ4n) is 3.22. The molecule has 92 valence electrons. The summed E-state index contributed by atoms with van der Waals surface area (Å²) in [5.41, 5.74) is 0.432. The molecule has 0 spiro atoms. The molecular weight excluding hydrogens is 200 g/mol. The minimum atomic E-state index is 0.432. The van der Waals surface area contributed by atoms with Crippen LogP contribution in [-0.4, -0.2) is 5.25 Å². The molecule has 3 atom stereocenters. The van der Waals surface area contributed by atoms with Crippen LogP contribution < -0.4 is 0 Å². The monoisotopic (exact) mass is 230 g/mol. The van der Waals surface area contributed by atoms with Gasteiger partial charge in [0.05, 0.1) is 0 Å². The second-order valence-electron chi connectivity index (χ2n) is 5.01. The highest BCUT2D eigenvalue weighted by atomic mass is 32.1. The summed E-state index contributed by atoms with van der Waals surface area (Å²) in [7, 11) is 0. The number of hydrogen-bond donors (Lipinski definition) is 1. The number of rotatable bonds is 7. The van der Waals surface area contributed by atoms with E-state index in [9.17, 15) is 0 Å². The van der Waals surface area contributed by atoms with Gasteiger partial charge in [-0.05, 0) is 30.1 Å². The third-order valence-corrected chi connectivity index (χ3v) is 5.53. The van der Waals surface area contributed by atoms with Gasteiger partial charge >= 0.3 is 0 Å². The first-order valence-electron chi connectivity index (χ1n) is 6.69. The van der Waals surface area contributed by atoms with Crippen molar-refractivity contribution in [3.8, 4) is 0 Å². The van der Waals surface area contributed by atoms with E-state index >= 15 is 0 Å². The Balaban J connectivity index is 5.09. The molecule has 0 amide bonds. The molecule has 0 heterocycles. The van der Waals surface area contributed by atoms with Crippen molar-refractivity contribution in [2.45, 2.75) is 72.5 Å². The van der Waals surface area contributed by atoms with E-state index in [0.29, 0.717) is 10.7 Å². The molecule has 1 heteroatoms. The highest BCUT2D eigenvalue weighted by Gasteiger charge is 2.42. The topological polar surface area (TPSA) is 0 Å². The Bertz CT molecular complexity index is 138. The van der Waals surface area contributed by atoms with E-state index in [2.05, 4.69) is 41.5 Å². The van der Waals surface area contributed by atoms with E-state index < -0.39 is 0 Å². The van der Waals surface area contributed by atoms with E-state index in [0.717, 1.165) is 11.8 Å². The molecule has 0 aliphatic heterocycles. The maximum Gasteiger partial charge on any atom is 0.00756 e. The average Bonchev–Trinajstić information content (AvgIpc) is 2.29. The third kappa shape index (κ3) is 2.93. The molecule has 0 fully saturated rings. The molecule has 0 nitrogen and oxygen atoms in total. The Morgan fingerprint density at radius 3 is 1.47 bits per heavy atom. The zero-order valence-electron chi connectivity index (χ0n) is 11.5. The summed E-state index contributed by atoms with van der Waals surface area (Å²) in [6, 6.07) is 0. The quantitative estimate of drug-likeness (QED) is 0.572. The van der Waals surface area contributed by atoms with E-state index in [1.54, 1.807) is 0 Å². The summed E-state index contributed by atoms with van der Waals surface area (Å²) in [6.07, 6.45) is 5.00. The lowest BCUT2D eigenvalue weighted by atomic mass is 9.61. The van der Waals surface area contributed by atoms with Crippen LogP contribution in [0.1, 0.15) is 67.2 Å². The summed E-state index contributed by atoms with van der Waals surface area (Å²) >= 11 is 4.88. The third-order valence-electron chi connectivity index (χ3n) is 4.68. The van der Waals surface area contributed by atoms with Crippen LogP contribution in [0.2, 0.25) is 0 Å². The van der Waals surface area contributed by atoms with Crippen LogP contribution in [0.3, 0.4) is 0 Å². The van der Waals surface area contributed by atoms with Gasteiger partial charge in [-0.25, -0.2) is 0 Å². The van der Waals surface area contributed by atoms with Crippen LogP contribution in [0.25, 0.3) is 0 Å². The molecule has 0 N–H and O–H groups in total. The van der Waals surface area contributed by atoms with Gasteiger partial charge in [-0.3, -0.25) is 0 Å². The fraction of sp³-hybridized carbons (Fsp3) is 1.00. The minimum absolute atomic E-state index is 0.432. The predicted molar refractivity (Wildman–Crippen MR) is 74.7 cm³/mol. The first-order valence-corrected chi connectivity index (χ1v) is 7.20. The molecule has 0 saturated carbocycles. The van der Waals surface area contributed by atoms with Gasteiger partial charge in [0.15, 0.2) is 0 Å². The maximum absolute atomic E-state index is 4.88. The zero-order chi connectivity index (χ0) is 12.1. The van der Waals surface area contributed by atoms with Crippen molar-refractivity contribution in [1.82, 2.24) is 0 Å². The molecule has 0 aliphatic carbocycles. The molecule has 0 bridgehead atoms. The Hall–Kier alpha value is 0.350. The number of hydrogen-bond acceptors (Lipinski definition) is 1. The van der Waals surface area contributed by atoms with Crippen molar-refractivity contribution in [2.75, 3.05) is 0 Å². The van der Waals surface area contributed by atoms with Crippen molar-refractivity contribution in [1.29, 1.82) is 0 Å². The largest absolute Gasteiger partial charge is 0.175 e. The Morgan fingerprint density at radius 1 is 0.867 bits per heavy atom. The minimum Gasteiger partial charge on any atom is -0.175 e. The van der Waals surface area contributed by atoms with Crippen molar-refractivity contribution in [3.63, 3.8) is 0 Å². The van der Waals surface area contributed by atoms with Crippen LogP contribution in [0.15, 0.2) is 0 Å². The molecule has 15 heavy (non-hydrogen) atoms. The van der Waals surface area contributed by atoms with Crippen LogP contribution in [0.4, 0.5) is 0 Å². The van der Waals surface area contributed by atoms with Gasteiger partial charge in [0, 0.05) is 5.25 Å². The van der Waals surface area contributed by atoms with Crippen LogP contribution in [-0.2, 0) is 0 Å². The molecule has 0 saturated heterocycles. The molecule has 0 aromatic rings. The van der Waals surface area contributed by atoms with Crippen molar-refractivity contribution < 1.29 is 0 Å². The van der Waals surface area contributed by atoms with E-state index in [1.165, 1.54) is 25.7 Å². The number of thiol groups is 1. The highest BCUT2D eigenvalue weighted by molar-refractivity contribution is 7.81. The van der Waals surface area contributed by atoms with Crippen molar-refractivity contribution in [3.05, 3.63) is 0 Å². The van der Waals surface area contributed by atoms with Gasteiger partial charge in [0.25, 0.3) is 0 Å². The van der Waals surface area contributed by atoms with Crippen molar-refractivity contribution in [2.24, 2.45) is 17.3 Å². The zero-order valence-corrected chi connectivity index (χ0v) is 12.4. The molecule has 0 aromatic carbocycles. The Morgan fingerprint density at radius 2 is 1.27 bits per heavy atom. The second-order valence-corrected chi connectivity index (χ2v) is 5.63. The van der Waals surface area contributed by atoms with Gasteiger partial charge in [-0.2, -0.15) is 12.6 Å². The highest BCUT2D eigenvalue weighted by Crippen LogP contribution is 2.48. The van der Waals surface area contributed by atoms with E-state index in [4.69, 9.17) is 12.6 Å². The molecule has 0 radical (unpaired) electrons. The SMILES string of the molecule is CCC(C)C(CC)(C(C)CC)C(S)CC. The predicted octanol–water partition coefficient (Wildman–Crippen LogP) is 5.18. The lowest BCUT2D eigenvalue weighted by Crippen LogP contribution is -2.42. The lowest BCUT2D eigenvalue weighted by molar-refractivity contribution is 0.0729. The summed E-state index contributed by atoms with van der Waals surface area (Å²) in [5.74, 6) is 1.56. The maximum atomic E-state index is 4.88. The Labute approximate surface area is 103 Å². The molecule has 3 unspecified atom stereocenters. The Kier molecular flexibility index (Phi) is 6.99. The van der Waals surface area contributed by atoms with Gasteiger partial charge < -0.3 is 0 Å². The smallest absolute Gasteiger partial charge is 0.00756 e. The normalized spacial score (nSPS) is 21.8. The first-order chi connectivity index (χ1) is 7.00. The first kappa shape index (κ1) is 15.3. The fourth-order valence-corrected chi connectivity index (χ4v) is 3.91. The van der Waals surface area contributed by atoms with Gasteiger partial charge in [0.1, 0.15) is 0 Å². The molecule has 0 aliphatic rings. The van der Waals surface area contributed by atoms with Crippen LogP contribution in [0.5, 0.6) is 0 Å². The molecule has 0 aromatic heterocycles. The van der Waals surface area contributed by atoms with E-state index in [-0.39, 0.29) is 0 Å². The summed E-state index contributed by atoms with van der Waals surface area (Å²) in [4.78, 5) is 0. The van der Waals surface area contributed by atoms with Crippen LogP contribution in [0, 0.1) is 17.3 Å². The second kappa shape index (κ2) is 6.83. The molecular formula is C14H30S. The van der Waals surface area contributed by atoms with E-state index in [1.807, 2.05) is 0 Å². The average molecular weight is 230 g/mol. The van der Waals surface area contributed by atoms with Gasteiger partial charge in [-0.15, -0.1) is 0 Å². The summed E-state index contributed by atoms with van der Waals surface area (Å²) < 4.78 is 0. The summed E-state index contributed by atoms with van der Waals surface area (Å²) in [5, 5.41) is 0.549. The lowest BCUT2D eigenvalue weighted by Gasteiger charge is -2.47. The van der Waals surface area contributed by atoms with Crippen molar-refractivity contribution >= 4 is 12.6 Å². The van der Waals surface area contributed by atoms with Gasteiger partial charge in [0.2, 0.25) is 0 Å². The summed E-state index contributed by atoms with van der Waals surface area (Å²) in [6.45, 7) is 14.1. The molecule has 0 rings (SSSR count). The van der Waals surface area contributed by atoms with Gasteiger partial charge in [-0.1, -0.05) is 54.4 Å². The standard InChI is InChI=1S/C14H30S/c1-7-11(5)14(10-4,12(6)8-2)13(15)9-3/h11-13,15H,7-10H2,1-6H3.